The molecule has 0 atom stereocenters. The normalized spacial score (nSPS) is 15.8. The molecule has 0 radical (unpaired) electrons. The lowest BCUT2D eigenvalue weighted by Gasteiger charge is -2.18. The highest BCUT2D eigenvalue weighted by molar-refractivity contribution is 5.70. The van der Waals surface area contributed by atoms with Gasteiger partial charge >= 0.3 is 6.18 Å². The molecule has 0 saturated carbocycles. The molecule has 3 heteroatoms. The van der Waals surface area contributed by atoms with Crippen LogP contribution in [0, 0.1) is 0 Å². The number of aryl methyl sites for hydroxylation is 1. The number of rotatable bonds is 1. The van der Waals surface area contributed by atoms with Crippen LogP contribution >= 0.6 is 0 Å². The van der Waals surface area contributed by atoms with Gasteiger partial charge < -0.3 is 0 Å². The van der Waals surface area contributed by atoms with Gasteiger partial charge in [-0.1, -0.05) is 30.3 Å². The highest BCUT2D eigenvalue weighted by Crippen LogP contribution is 2.34. The SMILES string of the molecule is FC(F)(F)CC1=CCCc2ccccc21. The van der Waals surface area contributed by atoms with Crippen molar-refractivity contribution in [2.45, 2.75) is 25.4 Å². The topological polar surface area (TPSA) is 0 Å². The fraction of sp³-hybridized carbons (Fsp3) is 0.333. The van der Waals surface area contributed by atoms with E-state index in [1.54, 1.807) is 18.2 Å². The Morgan fingerprint density at radius 1 is 1.13 bits per heavy atom. The fourth-order valence-corrected chi connectivity index (χ4v) is 1.95. The zero-order valence-corrected chi connectivity index (χ0v) is 8.14. The Kier molecular flexibility index (Phi) is 2.55. The summed E-state index contributed by atoms with van der Waals surface area (Å²) in [7, 11) is 0. The van der Waals surface area contributed by atoms with Gasteiger partial charge in [0.15, 0.2) is 0 Å². The van der Waals surface area contributed by atoms with E-state index < -0.39 is 12.6 Å². The molecule has 1 aromatic carbocycles. The number of allylic oxidation sites excluding steroid dienone is 2. The highest BCUT2D eigenvalue weighted by Gasteiger charge is 2.30. The molecule has 0 spiro atoms. The molecule has 0 bridgehead atoms. The molecule has 0 aliphatic heterocycles. The summed E-state index contributed by atoms with van der Waals surface area (Å²) in [4.78, 5) is 0. The standard InChI is InChI=1S/C12H11F3/c13-12(14,15)8-10-6-3-5-9-4-1-2-7-11(9)10/h1-2,4,6-7H,3,5,8H2. The van der Waals surface area contributed by atoms with Crippen LogP contribution in [0.15, 0.2) is 30.3 Å². The molecule has 0 fully saturated rings. The van der Waals surface area contributed by atoms with Gasteiger partial charge in [-0.3, -0.25) is 0 Å². The smallest absolute Gasteiger partial charge is 0.171 e. The summed E-state index contributed by atoms with van der Waals surface area (Å²) >= 11 is 0. The zero-order valence-electron chi connectivity index (χ0n) is 8.14. The first-order valence-corrected chi connectivity index (χ1v) is 4.90. The van der Waals surface area contributed by atoms with E-state index in [1.165, 1.54) is 0 Å². The molecule has 1 aliphatic carbocycles. The van der Waals surface area contributed by atoms with Crippen LogP contribution in [0.3, 0.4) is 0 Å². The van der Waals surface area contributed by atoms with Gasteiger partial charge in [-0.25, -0.2) is 0 Å². The van der Waals surface area contributed by atoms with E-state index in [2.05, 4.69) is 0 Å². The fourth-order valence-electron chi connectivity index (χ4n) is 1.95. The molecule has 0 unspecified atom stereocenters. The average molecular weight is 212 g/mol. The lowest BCUT2D eigenvalue weighted by molar-refractivity contribution is -0.123. The van der Waals surface area contributed by atoms with Crippen LogP contribution in [0.1, 0.15) is 24.0 Å². The Balaban J connectivity index is 2.31. The van der Waals surface area contributed by atoms with Crippen LogP contribution in [-0.4, -0.2) is 6.18 Å². The summed E-state index contributed by atoms with van der Waals surface area (Å²) in [5.41, 5.74) is 2.21. The largest absolute Gasteiger partial charge is 0.393 e. The predicted octanol–water partition coefficient (Wildman–Crippen LogP) is 3.97. The van der Waals surface area contributed by atoms with Crippen LogP contribution in [0.2, 0.25) is 0 Å². The Morgan fingerprint density at radius 3 is 2.60 bits per heavy atom. The van der Waals surface area contributed by atoms with Crippen molar-refractivity contribution in [1.29, 1.82) is 0 Å². The number of hydrogen-bond acceptors (Lipinski definition) is 0. The van der Waals surface area contributed by atoms with Gasteiger partial charge in [-0.05, 0) is 29.5 Å². The van der Waals surface area contributed by atoms with Gasteiger partial charge in [0.25, 0.3) is 0 Å². The molecule has 80 valence electrons. The maximum absolute atomic E-state index is 12.3. The van der Waals surface area contributed by atoms with Crippen molar-refractivity contribution < 1.29 is 13.2 Å². The third-order valence-electron chi connectivity index (χ3n) is 2.56. The third kappa shape index (κ3) is 2.41. The quantitative estimate of drug-likeness (QED) is 0.660. The van der Waals surface area contributed by atoms with E-state index in [9.17, 15) is 13.2 Å². The van der Waals surface area contributed by atoms with Crippen molar-refractivity contribution in [2.24, 2.45) is 0 Å². The van der Waals surface area contributed by atoms with E-state index in [4.69, 9.17) is 0 Å². The molecule has 0 nitrogen and oxygen atoms in total. The number of alkyl halides is 3. The Hall–Kier alpha value is -1.25. The molecular formula is C12H11F3. The molecule has 2 rings (SSSR count). The lowest BCUT2D eigenvalue weighted by atomic mass is 9.89. The number of benzene rings is 1. The molecule has 0 saturated heterocycles. The number of fused-ring (bicyclic) bond motifs is 1. The summed E-state index contributed by atoms with van der Waals surface area (Å²) < 4.78 is 36.9. The second kappa shape index (κ2) is 3.72. The third-order valence-corrected chi connectivity index (χ3v) is 2.56. The van der Waals surface area contributed by atoms with E-state index in [-0.39, 0.29) is 0 Å². The molecular weight excluding hydrogens is 201 g/mol. The second-order valence-corrected chi connectivity index (χ2v) is 3.72. The van der Waals surface area contributed by atoms with Crippen molar-refractivity contribution in [3.8, 4) is 0 Å². The minimum absolute atomic E-state index is 0.421. The molecule has 1 aliphatic rings. The van der Waals surface area contributed by atoms with Crippen molar-refractivity contribution in [2.75, 3.05) is 0 Å². The van der Waals surface area contributed by atoms with Crippen LogP contribution in [0.5, 0.6) is 0 Å². The molecule has 15 heavy (non-hydrogen) atoms. The van der Waals surface area contributed by atoms with Crippen molar-refractivity contribution in [3.63, 3.8) is 0 Å². The Morgan fingerprint density at radius 2 is 1.87 bits per heavy atom. The first-order valence-electron chi connectivity index (χ1n) is 4.90. The van der Waals surface area contributed by atoms with E-state index in [0.717, 1.165) is 17.5 Å². The van der Waals surface area contributed by atoms with Gasteiger partial charge in [0.05, 0.1) is 6.42 Å². The van der Waals surface area contributed by atoms with Gasteiger partial charge in [-0.15, -0.1) is 0 Å². The predicted molar refractivity (Wildman–Crippen MR) is 53.4 cm³/mol. The summed E-state index contributed by atoms with van der Waals surface area (Å²) in [5, 5.41) is 0. The molecule has 0 aromatic heterocycles. The summed E-state index contributed by atoms with van der Waals surface area (Å²) in [6.45, 7) is 0. The maximum Gasteiger partial charge on any atom is 0.393 e. The minimum atomic E-state index is -4.11. The van der Waals surface area contributed by atoms with Gasteiger partial charge in [0.1, 0.15) is 0 Å². The summed E-state index contributed by atoms with van der Waals surface area (Å²) in [6, 6.07) is 7.33. The molecule has 1 aromatic rings. The van der Waals surface area contributed by atoms with E-state index in [0.29, 0.717) is 12.0 Å². The zero-order chi connectivity index (χ0) is 10.9. The Bertz CT molecular complexity index is 388. The van der Waals surface area contributed by atoms with E-state index in [1.807, 2.05) is 12.1 Å². The first-order chi connectivity index (χ1) is 7.06. The average Bonchev–Trinajstić information content (AvgIpc) is 2.16. The summed E-state index contributed by atoms with van der Waals surface area (Å²) in [5.74, 6) is 0. The monoisotopic (exact) mass is 212 g/mol. The first kappa shape index (κ1) is 10.3. The highest BCUT2D eigenvalue weighted by atomic mass is 19.4. The van der Waals surface area contributed by atoms with Crippen LogP contribution in [0.4, 0.5) is 13.2 Å². The van der Waals surface area contributed by atoms with Crippen molar-refractivity contribution in [1.82, 2.24) is 0 Å². The van der Waals surface area contributed by atoms with Crippen LogP contribution in [0.25, 0.3) is 5.57 Å². The molecule has 0 heterocycles. The van der Waals surface area contributed by atoms with Gasteiger partial charge in [-0.2, -0.15) is 13.2 Å². The summed E-state index contributed by atoms with van der Waals surface area (Å²) in [6.07, 6.45) is -1.67. The van der Waals surface area contributed by atoms with Crippen LogP contribution < -0.4 is 0 Å². The number of hydrogen-bond donors (Lipinski definition) is 0. The number of halogens is 3. The lowest BCUT2D eigenvalue weighted by Crippen LogP contribution is -2.10. The maximum atomic E-state index is 12.3. The van der Waals surface area contributed by atoms with Gasteiger partial charge in [0, 0.05) is 0 Å². The minimum Gasteiger partial charge on any atom is -0.171 e. The second-order valence-electron chi connectivity index (χ2n) is 3.72. The van der Waals surface area contributed by atoms with Crippen molar-refractivity contribution in [3.05, 3.63) is 41.5 Å². The van der Waals surface area contributed by atoms with Gasteiger partial charge in [0.2, 0.25) is 0 Å². The molecule has 0 N–H and O–H groups in total. The Labute approximate surface area is 86.4 Å². The van der Waals surface area contributed by atoms with Crippen molar-refractivity contribution >= 4 is 5.57 Å². The van der Waals surface area contributed by atoms with E-state index >= 15 is 0 Å². The molecule has 0 amide bonds. The van der Waals surface area contributed by atoms with Crippen LogP contribution in [-0.2, 0) is 6.42 Å².